The molecule has 25 heavy (non-hydrogen) atoms. The summed E-state index contributed by atoms with van der Waals surface area (Å²) in [6.07, 6.45) is 6.26. The fourth-order valence-corrected chi connectivity index (χ4v) is 2.51. The van der Waals surface area contributed by atoms with E-state index in [4.69, 9.17) is 4.74 Å². The minimum absolute atomic E-state index is 0.0422. The van der Waals surface area contributed by atoms with E-state index in [0.717, 1.165) is 18.4 Å². The molecule has 132 valence electrons. The van der Waals surface area contributed by atoms with Crippen molar-refractivity contribution in [2.24, 2.45) is 0 Å². The molecule has 1 aromatic heterocycles. The Kier molecular flexibility index (Phi) is 5.06. The number of halogens is 2. The maximum Gasteiger partial charge on any atom is 0.387 e. The third kappa shape index (κ3) is 4.20. The molecule has 8 heteroatoms. The van der Waals surface area contributed by atoms with E-state index < -0.39 is 6.61 Å². The molecule has 0 unspecified atom stereocenters. The molecule has 1 amide bonds. The molecule has 0 radical (unpaired) electrons. The van der Waals surface area contributed by atoms with E-state index in [1.54, 1.807) is 17.0 Å². The Balaban J connectivity index is 1.80. The molecule has 2 aromatic rings. The summed E-state index contributed by atoms with van der Waals surface area (Å²) in [5.41, 5.74) is 1.03. The Hall–Kier alpha value is -2.77. The van der Waals surface area contributed by atoms with Gasteiger partial charge in [0.25, 0.3) is 5.91 Å². The highest BCUT2D eigenvalue weighted by atomic mass is 19.3. The zero-order valence-corrected chi connectivity index (χ0v) is 13.6. The van der Waals surface area contributed by atoms with Crippen LogP contribution in [0.3, 0.4) is 0 Å². The van der Waals surface area contributed by atoms with E-state index in [0.29, 0.717) is 6.54 Å². The molecule has 0 atom stereocenters. The Morgan fingerprint density at radius 2 is 2.12 bits per heavy atom. The van der Waals surface area contributed by atoms with Gasteiger partial charge in [0.05, 0.1) is 13.3 Å². The first-order chi connectivity index (χ1) is 12.1. The fraction of sp³-hybridized carbons (Fsp3) is 0.353. The van der Waals surface area contributed by atoms with Gasteiger partial charge in [-0.25, -0.2) is 4.98 Å². The van der Waals surface area contributed by atoms with Crippen molar-refractivity contribution in [2.45, 2.75) is 32.0 Å². The number of carbonyl (C=O) groups is 1. The summed E-state index contributed by atoms with van der Waals surface area (Å²) in [5, 5.41) is 0. The number of rotatable bonds is 7. The van der Waals surface area contributed by atoms with Crippen molar-refractivity contribution in [3.8, 4) is 11.5 Å². The lowest BCUT2D eigenvalue weighted by atomic mass is 10.1. The third-order valence-corrected chi connectivity index (χ3v) is 3.83. The van der Waals surface area contributed by atoms with Crippen molar-refractivity contribution < 1.29 is 23.0 Å². The van der Waals surface area contributed by atoms with E-state index in [1.807, 2.05) is 0 Å². The number of ether oxygens (including phenoxy) is 2. The summed E-state index contributed by atoms with van der Waals surface area (Å²) < 4.78 is 34.3. The second-order valence-electron chi connectivity index (χ2n) is 5.62. The summed E-state index contributed by atoms with van der Waals surface area (Å²) in [6, 6.07) is 4.80. The second kappa shape index (κ2) is 7.42. The van der Waals surface area contributed by atoms with Crippen LogP contribution in [0.15, 0.2) is 36.8 Å². The van der Waals surface area contributed by atoms with Crippen LogP contribution in [-0.4, -0.2) is 40.5 Å². The summed E-state index contributed by atoms with van der Waals surface area (Å²) in [6.45, 7) is -2.60. The van der Waals surface area contributed by atoms with Gasteiger partial charge in [-0.05, 0) is 30.5 Å². The maximum absolute atomic E-state index is 12.7. The van der Waals surface area contributed by atoms with Crippen LogP contribution in [0.1, 0.15) is 28.9 Å². The molecule has 3 rings (SSSR count). The molecule has 0 saturated heterocycles. The number of amides is 1. The van der Waals surface area contributed by atoms with E-state index in [1.165, 1.54) is 31.8 Å². The molecular formula is C17H17F2N3O3. The Bertz CT molecular complexity index is 739. The standard InChI is InChI=1S/C17H17F2N3O3/c1-24-15-8-11(2-5-14(15)25-17(18)19)10-22(12-3-4-12)16(23)13-9-20-6-7-21-13/h2,5-9,12,17H,3-4,10H2,1H3. The van der Waals surface area contributed by atoms with Crippen LogP contribution in [0.5, 0.6) is 11.5 Å². The minimum atomic E-state index is -2.93. The monoisotopic (exact) mass is 349 g/mol. The highest BCUT2D eigenvalue weighted by Gasteiger charge is 2.33. The lowest BCUT2D eigenvalue weighted by molar-refractivity contribution is -0.0512. The second-order valence-corrected chi connectivity index (χ2v) is 5.62. The van der Waals surface area contributed by atoms with Gasteiger partial charge in [-0.1, -0.05) is 6.07 Å². The predicted octanol–water partition coefficient (Wildman–Crippen LogP) is 2.89. The summed E-state index contributed by atoms with van der Waals surface area (Å²) in [4.78, 5) is 22.4. The molecule has 1 aliphatic rings. The predicted molar refractivity (Wildman–Crippen MR) is 84.6 cm³/mol. The molecule has 0 aliphatic heterocycles. The van der Waals surface area contributed by atoms with Crippen molar-refractivity contribution in [2.75, 3.05) is 7.11 Å². The van der Waals surface area contributed by atoms with Crippen molar-refractivity contribution in [3.05, 3.63) is 48.0 Å². The summed E-state index contributed by atoms with van der Waals surface area (Å²) >= 11 is 0. The van der Waals surface area contributed by atoms with Gasteiger partial charge in [0.1, 0.15) is 5.69 Å². The average Bonchev–Trinajstić information content (AvgIpc) is 3.45. The largest absolute Gasteiger partial charge is 0.493 e. The minimum Gasteiger partial charge on any atom is -0.493 e. The summed E-state index contributed by atoms with van der Waals surface area (Å²) in [7, 11) is 1.38. The van der Waals surface area contributed by atoms with Crippen LogP contribution in [0.25, 0.3) is 0 Å². The van der Waals surface area contributed by atoms with E-state index in [9.17, 15) is 13.6 Å². The molecule has 0 bridgehead atoms. The zero-order chi connectivity index (χ0) is 17.8. The van der Waals surface area contributed by atoms with Crippen molar-refractivity contribution in [1.82, 2.24) is 14.9 Å². The molecule has 1 aromatic carbocycles. The van der Waals surface area contributed by atoms with E-state index in [2.05, 4.69) is 14.7 Å². The molecule has 1 heterocycles. The Morgan fingerprint density at radius 1 is 1.32 bits per heavy atom. The quantitative estimate of drug-likeness (QED) is 0.769. The number of carbonyl (C=O) groups excluding carboxylic acids is 1. The number of alkyl halides is 2. The van der Waals surface area contributed by atoms with Gasteiger partial charge in [-0.15, -0.1) is 0 Å². The number of aromatic nitrogens is 2. The van der Waals surface area contributed by atoms with Crippen molar-refractivity contribution in [3.63, 3.8) is 0 Å². The van der Waals surface area contributed by atoms with Crippen LogP contribution in [0, 0.1) is 0 Å². The van der Waals surface area contributed by atoms with Gasteiger partial charge in [-0.3, -0.25) is 9.78 Å². The maximum atomic E-state index is 12.7. The topological polar surface area (TPSA) is 64.5 Å². The first kappa shape index (κ1) is 17.1. The van der Waals surface area contributed by atoms with Gasteiger partial charge in [0.2, 0.25) is 0 Å². The molecule has 6 nitrogen and oxygen atoms in total. The lowest BCUT2D eigenvalue weighted by Gasteiger charge is -2.22. The van der Waals surface area contributed by atoms with Crippen LogP contribution < -0.4 is 9.47 Å². The van der Waals surface area contributed by atoms with Crippen LogP contribution >= 0.6 is 0 Å². The zero-order valence-electron chi connectivity index (χ0n) is 13.6. The molecule has 0 spiro atoms. The van der Waals surface area contributed by atoms with Gasteiger partial charge in [0.15, 0.2) is 11.5 Å². The number of hydrogen-bond donors (Lipinski definition) is 0. The molecule has 1 saturated carbocycles. The number of hydrogen-bond acceptors (Lipinski definition) is 5. The molecule has 0 N–H and O–H groups in total. The number of nitrogens with zero attached hydrogens (tertiary/aromatic N) is 3. The fourth-order valence-electron chi connectivity index (χ4n) is 2.51. The summed E-state index contributed by atoms with van der Waals surface area (Å²) in [5.74, 6) is -0.0533. The van der Waals surface area contributed by atoms with Gasteiger partial charge in [0, 0.05) is 25.0 Å². The number of methoxy groups -OCH3 is 1. The lowest BCUT2D eigenvalue weighted by Crippen LogP contribution is -2.33. The Labute approximate surface area is 143 Å². The number of benzene rings is 1. The highest BCUT2D eigenvalue weighted by Crippen LogP contribution is 2.33. The molecule has 1 aliphatic carbocycles. The van der Waals surface area contributed by atoms with Gasteiger partial charge < -0.3 is 14.4 Å². The third-order valence-electron chi connectivity index (χ3n) is 3.83. The molecular weight excluding hydrogens is 332 g/mol. The Morgan fingerprint density at radius 3 is 2.72 bits per heavy atom. The van der Waals surface area contributed by atoms with Gasteiger partial charge in [-0.2, -0.15) is 8.78 Å². The van der Waals surface area contributed by atoms with Crippen molar-refractivity contribution in [1.29, 1.82) is 0 Å². The van der Waals surface area contributed by atoms with Crippen LogP contribution in [0.2, 0.25) is 0 Å². The SMILES string of the molecule is COc1cc(CN(C(=O)c2cnccn2)C2CC2)ccc1OC(F)F. The van der Waals surface area contributed by atoms with Gasteiger partial charge >= 0.3 is 6.61 Å². The highest BCUT2D eigenvalue weighted by molar-refractivity contribution is 5.92. The van der Waals surface area contributed by atoms with Crippen LogP contribution in [-0.2, 0) is 6.54 Å². The smallest absolute Gasteiger partial charge is 0.387 e. The van der Waals surface area contributed by atoms with E-state index in [-0.39, 0.29) is 29.1 Å². The van der Waals surface area contributed by atoms with E-state index >= 15 is 0 Å². The van der Waals surface area contributed by atoms with Crippen molar-refractivity contribution >= 4 is 5.91 Å². The van der Waals surface area contributed by atoms with Crippen LogP contribution in [0.4, 0.5) is 8.78 Å². The normalized spacial score (nSPS) is 13.6. The first-order valence-corrected chi connectivity index (χ1v) is 7.77. The molecule has 1 fully saturated rings. The first-order valence-electron chi connectivity index (χ1n) is 7.77. The average molecular weight is 349 g/mol.